The van der Waals surface area contributed by atoms with Crippen molar-refractivity contribution in [3.05, 3.63) is 102 Å². The van der Waals surface area contributed by atoms with Crippen LogP contribution in [0.1, 0.15) is 21.5 Å². The molecular weight excluding hydrogens is 408 g/mol. The Balaban J connectivity index is 1.38. The SMILES string of the molecule is O=C(Nc1ccc(NS(=O)(=O)c2ccc3c4c(cccc24)CC3)cc1)c1ccccc1. The van der Waals surface area contributed by atoms with Crippen molar-refractivity contribution in [3.63, 3.8) is 0 Å². The van der Waals surface area contributed by atoms with Gasteiger partial charge in [0.1, 0.15) is 0 Å². The van der Waals surface area contributed by atoms with Gasteiger partial charge in [-0.3, -0.25) is 9.52 Å². The molecule has 1 aliphatic carbocycles. The second-order valence-electron chi connectivity index (χ2n) is 7.57. The van der Waals surface area contributed by atoms with Crippen LogP contribution < -0.4 is 10.0 Å². The molecule has 154 valence electrons. The fraction of sp³-hybridized carbons (Fsp3) is 0.0800. The molecule has 0 saturated carbocycles. The third-order valence-electron chi connectivity index (χ3n) is 5.56. The van der Waals surface area contributed by atoms with E-state index >= 15 is 0 Å². The second kappa shape index (κ2) is 7.56. The summed E-state index contributed by atoms with van der Waals surface area (Å²) >= 11 is 0. The number of aryl methyl sites for hydroxylation is 2. The van der Waals surface area contributed by atoms with E-state index in [4.69, 9.17) is 0 Å². The molecule has 0 bridgehead atoms. The first-order valence-electron chi connectivity index (χ1n) is 10.0. The number of hydrogen-bond acceptors (Lipinski definition) is 3. The Hall–Kier alpha value is -3.64. The van der Waals surface area contributed by atoms with Crippen molar-refractivity contribution in [1.82, 2.24) is 0 Å². The molecule has 5 rings (SSSR count). The van der Waals surface area contributed by atoms with Gasteiger partial charge in [0.05, 0.1) is 4.90 Å². The van der Waals surface area contributed by atoms with Gasteiger partial charge in [-0.1, -0.05) is 42.5 Å². The van der Waals surface area contributed by atoms with Crippen molar-refractivity contribution in [1.29, 1.82) is 0 Å². The van der Waals surface area contributed by atoms with Gasteiger partial charge >= 0.3 is 0 Å². The Labute approximate surface area is 180 Å². The zero-order valence-electron chi connectivity index (χ0n) is 16.6. The highest BCUT2D eigenvalue weighted by molar-refractivity contribution is 7.93. The molecule has 0 saturated heterocycles. The Morgan fingerprint density at radius 1 is 0.710 bits per heavy atom. The molecule has 4 aromatic rings. The second-order valence-corrected chi connectivity index (χ2v) is 9.22. The summed E-state index contributed by atoms with van der Waals surface area (Å²) in [4.78, 5) is 12.5. The van der Waals surface area contributed by atoms with Gasteiger partial charge in [-0.05, 0) is 71.8 Å². The highest BCUT2D eigenvalue weighted by Gasteiger charge is 2.22. The lowest BCUT2D eigenvalue weighted by molar-refractivity contribution is 0.102. The number of nitrogens with one attached hydrogen (secondary N) is 2. The quantitative estimate of drug-likeness (QED) is 0.470. The Kier molecular flexibility index (Phi) is 4.71. The zero-order valence-corrected chi connectivity index (χ0v) is 17.4. The van der Waals surface area contributed by atoms with Gasteiger partial charge < -0.3 is 5.32 Å². The van der Waals surface area contributed by atoms with Crippen LogP contribution in [0.15, 0.2) is 89.8 Å². The molecule has 0 aliphatic heterocycles. The first-order chi connectivity index (χ1) is 15.0. The van der Waals surface area contributed by atoms with Crippen LogP contribution in [0, 0.1) is 0 Å². The molecule has 6 heteroatoms. The zero-order chi connectivity index (χ0) is 21.4. The average Bonchev–Trinajstić information content (AvgIpc) is 3.20. The Morgan fingerprint density at radius 3 is 2.13 bits per heavy atom. The van der Waals surface area contributed by atoms with Crippen molar-refractivity contribution in [2.24, 2.45) is 0 Å². The van der Waals surface area contributed by atoms with Crippen LogP contribution in [0.5, 0.6) is 0 Å². The molecule has 1 aliphatic rings. The molecule has 1 amide bonds. The van der Waals surface area contributed by atoms with Crippen molar-refractivity contribution in [2.75, 3.05) is 10.0 Å². The third kappa shape index (κ3) is 3.66. The van der Waals surface area contributed by atoms with Crippen molar-refractivity contribution >= 4 is 38.1 Å². The number of benzene rings is 4. The first-order valence-corrected chi connectivity index (χ1v) is 11.5. The molecule has 0 aromatic heterocycles. The van der Waals surface area contributed by atoms with E-state index in [0.717, 1.165) is 23.6 Å². The first kappa shape index (κ1) is 19.3. The maximum Gasteiger partial charge on any atom is 0.262 e. The van der Waals surface area contributed by atoms with Gasteiger partial charge in [0.2, 0.25) is 0 Å². The predicted octanol–water partition coefficient (Wildman–Crippen LogP) is 4.99. The standard InChI is InChI=1S/C25H20N2O3S/c28-25(19-5-2-1-3-6-19)26-20-12-14-21(15-13-20)27-31(29,30)23-16-11-18-10-9-17-7-4-8-22(23)24(17)18/h1-8,11-16,27H,9-10H2,(H,26,28). The van der Waals surface area contributed by atoms with Gasteiger partial charge in [-0.15, -0.1) is 0 Å². The summed E-state index contributed by atoms with van der Waals surface area (Å²) < 4.78 is 28.9. The highest BCUT2D eigenvalue weighted by atomic mass is 32.2. The topological polar surface area (TPSA) is 75.3 Å². The normalized spacial score (nSPS) is 12.6. The molecule has 31 heavy (non-hydrogen) atoms. The minimum Gasteiger partial charge on any atom is -0.322 e. The largest absolute Gasteiger partial charge is 0.322 e. The molecule has 5 nitrogen and oxygen atoms in total. The molecule has 0 radical (unpaired) electrons. The number of sulfonamides is 1. The van der Waals surface area contributed by atoms with Crippen LogP contribution in [0.2, 0.25) is 0 Å². The lowest BCUT2D eigenvalue weighted by Crippen LogP contribution is -2.14. The summed E-state index contributed by atoms with van der Waals surface area (Å²) in [6.07, 6.45) is 1.89. The minimum atomic E-state index is -3.76. The summed E-state index contributed by atoms with van der Waals surface area (Å²) in [5, 5.41) is 4.62. The smallest absolute Gasteiger partial charge is 0.262 e. The third-order valence-corrected chi connectivity index (χ3v) is 7.00. The molecule has 0 unspecified atom stereocenters. The molecule has 0 atom stereocenters. The highest BCUT2D eigenvalue weighted by Crippen LogP contribution is 2.35. The average molecular weight is 429 g/mol. The van der Waals surface area contributed by atoms with E-state index < -0.39 is 10.0 Å². The van der Waals surface area contributed by atoms with Crippen LogP contribution in [-0.4, -0.2) is 14.3 Å². The van der Waals surface area contributed by atoms with Crippen LogP contribution in [0.4, 0.5) is 11.4 Å². The fourth-order valence-electron chi connectivity index (χ4n) is 4.08. The van der Waals surface area contributed by atoms with E-state index in [9.17, 15) is 13.2 Å². The predicted molar refractivity (Wildman–Crippen MR) is 123 cm³/mol. The van der Waals surface area contributed by atoms with E-state index in [2.05, 4.69) is 16.1 Å². The maximum absolute atomic E-state index is 13.1. The van der Waals surface area contributed by atoms with Gasteiger partial charge in [-0.25, -0.2) is 8.42 Å². The lowest BCUT2D eigenvalue weighted by Gasteiger charge is -2.12. The van der Waals surface area contributed by atoms with Gasteiger partial charge in [0.25, 0.3) is 15.9 Å². The van der Waals surface area contributed by atoms with Crippen LogP contribution in [0.3, 0.4) is 0 Å². The van der Waals surface area contributed by atoms with E-state index in [1.807, 2.05) is 24.3 Å². The molecule has 4 aromatic carbocycles. The van der Waals surface area contributed by atoms with Gasteiger partial charge in [0.15, 0.2) is 0 Å². The van der Waals surface area contributed by atoms with Gasteiger partial charge in [-0.2, -0.15) is 0 Å². The number of rotatable bonds is 5. The summed E-state index contributed by atoms with van der Waals surface area (Å²) in [7, 11) is -3.76. The number of hydrogen-bond donors (Lipinski definition) is 2. The van der Waals surface area contributed by atoms with Crippen LogP contribution in [0.25, 0.3) is 10.8 Å². The van der Waals surface area contributed by atoms with E-state index in [1.165, 1.54) is 11.1 Å². The van der Waals surface area contributed by atoms with E-state index in [0.29, 0.717) is 16.9 Å². The molecule has 0 heterocycles. The summed E-state index contributed by atoms with van der Waals surface area (Å²) in [6, 6.07) is 25.0. The Morgan fingerprint density at radius 2 is 1.39 bits per heavy atom. The van der Waals surface area contributed by atoms with E-state index in [1.54, 1.807) is 54.6 Å². The van der Waals surface area contributed by atoms with Crippen LogP contribution in [-0.2, 0) is 22.9 Å². The van der Waals surface area contributed by atoms with E-state index in [-0.39, 0.29) is 10.8 Å². The number of anilines is 2. The molecule has 0 fully saturated rings. The summed E-state index contributed by atoms with van der Waals surface area (Å²) in [5.74, 6) is -0.221. The van der Waals surface area contributed by atoms with Crippen LogP contribution >= 0.6 is 0 Å². The van der Waals surface area contributed by atoms with Crippen molar-refractivity contribution < 1.29 is 13.2 Å². The summed E-state index contributed by atoms with van der Waals surface area (Å²) in [5.41, 5.74) is 3.97. The molecule has 2 N–H and O–H groups in total. The molecule has 0 spiro atoms. The van der Waals surface area contributed by atoms with Crippen molar-refractivity contribution in [2.45, 2.75) is 17.7 Å². The minimum absolute atomic E-state index is 0.221. The van der Waals surface area contributed by atoms with Gasteiger partial charge in [0, 0.05) is 22.3 Å². The fourth-order valence-corrected chi connectivity index (χ4v) is 5.34. The maximum atomic E-state index is 13.1. The number of amides is 1. The lowest BCUT2D eigenvalue weighted by atomic mass is 10.1. The molecular formula is C25H20N2O3S. The van der Waals surface area contributed by atoms with Crippen molar-refractivity contribution in [3.8, 4) is 0 Å². The number of carbonyl (C=O) groups excluding carboxylic acids is 1. The number of carbonyl (C=O) groups is 1. The monoisotopic (exact) mass is 428 g/mol. The summed E-state index contributed by atoms with van der Waals surface area (Å²) in [6.45, 7) is 0. The Bertz CT molecular complexity index is 1390.